The number of benzene rings is 1. The van der Waals surface area contributed by atoms with Crippen LogP contribution in [0.5, 0.6) is 0 Å². The van der Waals surface area contributed by atoms with Gasteiger partial charge in [-0.05, 0) is 55.0 Å². The Hall–Kier alpha value is -1.46. The third kappa shape index (κ3) is 3.60. The molecule has 0 fully saturated rings. The molecule has 0 atom stereocenters. The first-order chi connectivity index (χ1) is 10.2. The Kier molecular flexibility index (Phi) is 4.51. The zero-order chi connectivity index (χ0) is 14.7. The molecule has 0 spiro atoms. The summed E-state index contributed by atoms with van der Waals surface area (Å²) in [7, 11) is 0. The number of hydrogen-bond acceptors (Lipinski definition) is 3. The molecule has 1 aliphatic carbocycles. The van der Waals surface area contributed by atoms with Crippen LogP contribution in [-0.4, -0.2) is 12.1 Å². The number of halogens is 1. The van der Waals surface area contributed by atoms with Crippen molar-refractivity contribution in [2.75, 3.05) is 0 Å². The van der Waals surface area contributed by atoms with Gasteiger partial charge < -0.3 is 0 Å². The lowest BCUT2D eigenvalue weighted by Crippen LogP contribution is -2.16. The van der Waals surface area contributed by atoms with Crippen LogP contribution in [0.25, 0.3) is 0 Å². The fourth-order valence-electron chi connectivity index (χ4n) is 2.41. The summed E-state index contributed by atoms with van der Waals surface area (Å²) >= 11 is 5.00. The summed E-state index contributed by atoms with van der Waals surface area (Å²) < 4.78 is 0.990. The lowest BCUT2D eigenvalue weighted by molar-refractivity contribution is 0.0959. The molecule has 0 aliphatic heterocycles. The van der Waals surface area contributed by atoms with Crippen molar-refractivity contribution in [1.82, 2.24) is 5.43 Å². The van der Waals surface area contributed by atoms with Gasteiger partial charge in [-0.3, -0.25) is 4.79 Å². The normalized spacial score (nSPS) is 14.1. The number of carbonyl (C=O) groups excluding carboxylic acids is 1. The fraction of sp³-hybridized carbons (Fsp3) is 0.250. The minimum Gasteiger partial charge on any atom is -0.266 e. The number of rotatable bonds is 3. The van der Waals surface area contributed by atoms with Crippen LogP contribution >= 0.6 is 27.3 Å². The molecule has 0 saturated heterocycles. The molecule has 1 amide bonds. The van der Waals surface area contributed by atoms with Gasteiger partial charge in [-0.2, -0.15) is 5.10 Å². The highest BCUT2D eigenvalue weighted by molar-refractivity contribution is 9.10. The van der Waals surface area contributed by atoms with Crippen molar-refractivity contribution in [3.05, 3.63) is 55.7 Å². The molecule has 0 saturated carbocycles. The summed E-state index contributed by atoms with van der Waals surface area (Å²) in [4.78, 5) is 14.2. The van der Waals surface area contributed by atoms with Crippen molar-refractivity contribution < 1.29 is 4.79 Å². The molecule has 0 bridgehead atoms. The van der Waals surface area contributed by atoms with Crippen LogP contribution < -0.4 is 5.43 Å². The molecule has 1 heterocycles. The molecule has 0 radical (unpaired) electrons. The first-order valence-electron chi connectivity index (χ1n) is 6.93. The first kappa shape index (κ1) is 14.5. The van der Waals surface area contributed by atoms with E-state index >= 15 is 0 Å². The molecule has 0 unspecified atom stereocenters. The Morgan fingerprint density at radius 1 is 1.29 bits per heavy atom. The summed E-state index contributed by atoms with van der Waals surface area (Å²) in [6.07, 6.45) is 6.31. The highest BCUT2D eigenvalue weighted by Crippen LogP contribution is 2.29. The molecule has 1 aromatic heterocycles. The van der Waals surface area contributed by atoms with Crippen LogP contribution in [0.15, 0.2) is 39.9 Å². The molecule has 1 aromatic carbocycles. The van der Waals surface area contributed by atoms with Gasteiger partial charge in [0.15, 0.2) is 0 Å². The van der Waals surface area contributed by atoms with Gasteiger partial charge in [-0.1, -0.05) is 28.1 Å². The van der Waals surface area contributed by atoms with Gasteiger partial charge in [0.05, 0.1) is 11.1 Å². The van der Waals surface area contributed by atoms with Crippen molar-refractivity contribution in [2.45, 2.75) is 25.7 Å². The SMILES string of the molecule is O=C(NN=Cc1cccc(Br)c1)c1cc2c(s1)CCCC2. The summed E-state index contributed by atoms with van der Waals surface area (Å²) in [6.45, 7) is 0. The zero-order valence-electron chi connectivity index (χ0n) is 11.4. The standard InChI is InChI=1S/C16H15BrN2OS/c17-13-6-3-4-11(8-13)10-18-19-16(20)15-9-12-5-1-2-7-14(12)21-15/h3-4,6,8-10H,1-2,5,7H2,(H,19,20). The van der Waals surface area contributed by atoms with Crippen molar-refractivity contribution in [2.24, 2.45) is 5.10 Å². The molecule has 21 heavy (non-hydrogen) atoms. The number of hydrazone groups is 1. The van der Waals surface area contributed by atoms with E-state index in [9.17, 15) is 4.79 Å². The van der Waals surface area contributed by atoms with Crippen molar-refractivity contribution in [3.8, 4) is 0 Å². The zero-order valence-corrected chi connectivity index (χ0v) is 13.8. The predicted octanol–water partition coefficient (Wildman–Crippen LogP) is 4.15. The Morgan fingerprint density at radius 3 is 2.95 bits per heavy atom. The van der Waals surface area contributed by atoms with Crippen molar-refractivity contribution in [3.63, 3.8) is 0 Å². The molecular formula is C16H15BrN2OS. The highest BCUT2D eigenvalue weighted by atomic mass is 79.9. The maximum absolute atomic E-state index is 12.1. The number of aryl methyl sites for hydroxylation is 2. The molecule has 2 aromatic rings. The molecule has 3 nitrogen and oxygen atoms in total. The van der Waals surface area contributed by atoms with E-state index in [0.717, 1.165) is 27.8 Å². The van der Waals surface area contributed by atoms with Gasteiger partial charge in [-0.25, -0.2) is 5.43 Å². The molecule has 1 N–H and O–H groups in total. The summed E-state index contributed by atoms with van der Waals surface area (Å²) in [5.74, 6) is -0.124. The van der Waals surface area contributed by atoms with Gasteiger partial charge in [0, 0.05) is 9.35 Å². The molecule has 108 valence electrons. The van der Waals surface area contributed by atoms with E-state index in [0.29, 0.717) is 0 Å². The van der Waals surface area contributed by atoms with E-state index in [4.69, 9.17) is 0 Å². The molecule has 5 heteroatoms. The van der Waals surface area contributed by atoms with Crippen LogP contribution in [0, 0.1) is 0 Å². The molecule has 1 aliphatic rings. The van der Waals surface area contributed by atoms with Crippen LogP contribution in [0.2, 0.25) is 0 Å². The van der Waals surface area contributed by atoms with Crippen molar-refractivity contribution in [1.29, 1.82) is 0 Å². The minimum absolute atomic E-state index is 0.124. The Bertz CT molecular complexity index is 670. The quantitative estimate of drug-likeness (QED) is 0.646. The molecular weight excluding hydrogens is 348 g/mol. The number of nitrogens with one attached hydrogen (secondary N) is 1. The number of amides is 1. The van der Waals surface area contributed by atoms with E-state index in [1.807, 2.05) is 30.3 Å². The van der Waals surface area contributed by atoms with Gasteiger partial charge >= 0.3 is 0 Å². The monoisotopic (exact) mass is 362 g/mol. The Balaban J connectivity index is 1.65. The maximum atomic E-state index is 12.1. The van der Waals surface area contributed by atoms with Gasteiger partial charge in [0.25, 0.3) is 5.91 Å². The topological polar surface area (TPSA) is 41.5 Å². The lowest BCUT2D eigenvalue weighted by atomic mass is 9.99. The average molecular weight is 363 g/mol. The summed E-state index contributed by atoms with van der Waals surface area (Å²) in [5.41, 5.74) is 4.88. The first-order valence-corrected chi connectivity index (χ1v) is 8.54. The highest BCUT2D eigenvalue weighted by Gasteiger charge is 2.16. The second kappa shape index (κ2) is 6.54. The fourth-order valence-corrected chi connectivity index (χ4v) is 3.97. The Morgan fingerprint density at radius 2 is 2.14 bits per heavy atom. The third-order valence-corrected chi connectivity index (χ3v) is 5.18. The summed E-state index contributed by atoms with van der Waals surface area (Å²) in [5, 5.41) is 4.03. The van der Waals surface area contributed by atoms with E-state index in [1.165, 1.54) is 23.3 Å². The number of hydrogen-bond donors (Lipinski definition) is 1. The number of nitrogens with zero attached hydrogens (tertiary/aromatic N) is 1. The van der Waals surface area contributed by atoms with Gasteiger partial charge in [-0.15, -0.1) is 11.3 Å². The maximum Gasteiger partial charge on any atom is 0.281 e. The average Bonchev–Trinajstić information content (AvgIpc) is 2.91. The van der Waals surface area contributed by atoms with Gasteiger partial charge in [0.2, 0.25) is 0 Å². The van der Waals surface area contributed by atoms with Gasteiger partial charge in [0.1, 0.15) is 0 Å². The van der Waals surface area contributed by atoms with E-state index in [-0.39, 0.29) is 5.91 Å². The van der Waals surface area contributed by atoms with Crippen LogP contribution in [0.1, 0.15) is 38.5 Å². The predicted molar refractivity (Wildman–Crippen MR) is 90.2 cm³/mol. The lowest BCUT2D eigenvalue weighted by Gasteiger charge is -2.08. The second-order valence-corrected chi connectivity index (χ2v) is 7.07. The van der Waals surface area contributed by atoms with E-state index < -0.39 is 0 Å². The summed E-state index contributed by atoms with van der Waals surface area (Å²) in [6, 6.07) is 9.78. The van der Waals surface area contributed by atoms with E-state index in [1.54, 1.807) is 17.6 Å². The second-order valence-electron chi connectivity index (χ2n) is 5.02. The molecule has 3 rings (SSSR count). The Labute approximate surface area is 136 Å². The van der Waals surface area contributed by atoms with Crippen LogP contribution in [0.3, 0.4) is 0 Å². The van der Waals surface area contributed by atoms with Crippen LogP contribution in [-0.2, 0) is 12.8 Å². The number of carbonyl (C=O) groups is 1. The third-order valence-electron chi connectivity index (χ3n) is 3.45. The van der Waals surface area contributed by atoms with Crippen LogP contribution in [0.4, 0.5) is 0 Å². The van der Waals surface area contributed by atoms with Crippen molar-refractivity contribution >= 4 is 39.4 Å². The largest absolute Gasteiger partial charge is 0.281 e. The minimum atomic E-state index is -0.124. The number of thiophene rings is 1. The number of fused-ring (bicyclic) bond motifs is 1. The smallest absolute Gasteiger partial charge is 0.266 e. The van der Waals surface area contributed by atoms with E-state index in [2.05, 4.69) is 26.5 Å².